The molecule has 19 heavy (non-hydrogen) atoms. The van der Waals surface area contributed by atoms with E-state index in [4.69, 9.17) is 16.7 Å². The molecule has 2 rings (SSSR count). The minimum atomic E-state index is -2.99. The van der Waals surface area contributed by atoms with Crippen LogP contribution in [0.2, 0.25) is 5.02 Å². The van der Waals surface area contributed by atoms with E-state index in [1.807, 2.05) is 0 Å². The number of carboxylic acid groups (broad SMARTS) is 1. The molecule has 0 amide bonds. The summed E-state index contributed by atoms with van der Waals surface area (Å²) in [7, 11) is -1.29. The standard InChI is InChI=1S/C11H13ClN2O4S/c1-14(7-2-3-19(17,18)6-7)10-4-8(11(15)16)9(12)5-13-10/h4-5,7H,2-3,6H2,1H3,(H,15,16). The number of hydrogen-bond acceptors (Lipinski definition) is 5. The van der Waals surface area contributed by atoms with Gasteiger partial charge >= 0.3 is 5.97 Å². The number of sulfone groups is 1. The summed E-state index contributed by atoms with van der Waals surface area (Å²) >= 11 is 5.74. The molecule has 104 valence electrons. The summed E-state index contributed by atoms with van der Waals surface area (Å²) in [5.41, 5.74) is -0.0422. The fourth-order valence-corrected chi connectivity index (χ4v) is 4.01. The van der Waals surface area contributed by atoms with E-state index in [-0.39, 0.29) is 28.1 Å². The van der Waals surface area contributed by atoms with Crippen LogP contribution in [0.25, 0.3) is 0 Å². The Morgan fingerprint density at radius 3 is 2.79 bits per heavy atom. The third-order valence-electron chi connectivity index (χ3n) is 3.19. The summed E-state index contributed by atoms with van der Waals surface area (Å²) in [5, 5.41) is 9.05. The molecular formula is C11H13ClN2O4S. The van der Waals surface area contributed by atoms with Crippen LogP contribution in [0.3, 0.4) is 0 Å². The van der Waals surface area contributed by atoms with Gasteiger partial charge in [-0.15, -0.1) is 0 Å². The van der Waals surface area contributed by atoms with E-state index >= 15 is 0 Å². The van der Waals surface area contributed by atoms with Gasteiger partial charge in [0, 0.05) is 19.3 Å². The third kappa shape index (κ3) is 2.98. The van der Waals surface area contributed by atoms with Gasteiger partial charge in [0.25, 0.3) is 0 Å². The molecule has 1 fully saturated rings. The van der Waals surface area contributed by atoms with Crippen LogP contribution in [0.1, 0.15) is 16.8 Å². The quantitative estimate of drug-likeness (QED) is 0.898. The first-order chi connectivity index (χ1) is 8.80. The molecule has 2 heterocycles. The van der Waals surface area contributed by atoms with Gasteiger partial charge in [-0.1, -0.05) is 11.6 Å². The Balaban J connectivity index is 2.27. The van der Waals surface area contributed by atoms with E-state index in [9.17, 15) is 13.2 Å². The van der Waals surface area contributed by atoms with E-state index in [2.05, 4.69) is 4.98 Å². The molecular weight excluding hydrogens is 292 g/mol. The van der Waals surface area contributed by atoms with Crippen molar-refractivity contribution >= 4 is 33.2 Å². The maximum absolute atomic E-state index is 11.4. The van der Waals surface area contributed by atoms with E-state index < -0.39 is 15.8 Å². The van der Waals surface area contributed by atoms with E-state index in [0.717, 1.165) is 0 Å². The molecule has 1 atom stereocenters. The van der Waals surface area contributed by atoms with Crippen LogP contribution < -0.4 is 4.90 Å². The smallest absolute Gasteiger partial charge is 0.337 e. The molecule has 1 unspecified atom stereocenters. The van der Waals surface area contributed by atoms with Crippen molar-refractivity contribution in [3.63, 3.8) is 0 Å². The molecule has 8 heteroatoms. The second-order valence-corrected chi connectivity index (χ2v) is 7.13. The van der Waals surface area contributed by atoms with E-state index in [1.165, 1.54) is 12.3 Å². The fraction of sp³-hybridized carbons (Fsp3) is 0.455. The first-order valence-electron chi connectivity index (χ1n) is 5.62. The third-order valence-corrected chi connectivity index (χ3v) is 5.24. The van der Waals surface area contributed by atoms with Gasteiger partial charge in [-0.2, -0.15) is 0 Å². The lowest BCUT2D eigenvalue weighted by molar-refractivity contribution is 0.0697. The van der Waals surface area contributed by atoms with E-state index in [0.29, 0.717) is 12.2 Å². The Labute approximate surface area is 115 Å². The second kappa shape index (κ2) is 4.97. The zero-order chi connectivity index (χ0) is 14.2. The predicted octanol–water partition coefficient (Wildman–Crippen LogP) is 1.06. The number of rotatable bonds is 3. The topological polar surface area (TPSA) is 87.6 Å². The number of carboxylic acids is 1. The zero-order valence-corrected chi connectivity index (χ0v) is 11.8. The molecule has 1 N–H and O–H groups in total. The maximum atomic E-state index is 11.4. The molecule has 1 aliphatic rings. The van der Waals surface area contributed by atoms with Gasteiger partial charge in [0.2, 0.25) is 0 Å². The van der Waals surface area contributed by atoms with Crippen LogP contribution in [-0.4, -0.2) is 49.1 Å². The van der Waals surface area contributed by atoms with Gasteiger partial charge in [0.1, 0.15) is 5.82 Å². The Bertz CT molecular complexity index is 617. The number of carbonyl (C=O) groups is 1. The van der Waals surface area contributed by atoms with Crippen molar-refractivity contribution in [1.29, 1.82) is 0 Å². The lowest BCUT2D eigenvalue weighted by Crippen LogP contribution is -2.33. The van der Waals surface area contributed by atoms with Crippen molar-refractivity contribution in [2.75, 3.05) is 23.5 Å². The highest BCUT2D eigenvalue weighted by Gasteiger charge is 2.31. The molecule has 0 spiro atoms. The van der Waals surface area contributed by atoms with Crippen LogP contribution in [0.4, 0.5) is 5.82 Å². The highest BCUT2D eigenvalue weighted by atomic mass is 35.5. The van der Waals surface area contributed by atoms with Crippen LogP contribution in [0.15, 0.2) is 12.3 Å². The van der Waals surface area contributed by atoms with Gasteiger partial charge in [-0.25, -0.2) is 18.2 Å². The van der Waals surface area contributed by atoms with Gasteiger partial charge in [0.15, 0.2) is 9.84 Å². The van der Waals surface area contributed by atoms with Crippen molar-refractivity contribution in [1.82, 2.24) is 4.98 Å². The largest absolute Gasteiger partial charge is 0.478 e. The summed E-state index contributed by atoms with van der Waals surface area (Å²) in [6.45, 7) is 0. The zero-order valence-electron chi connectivity index (χ0n) is 10.2. The second-order valence-electron chi connectivity index (χ2n) is 4.50. The van der Waals surface area contributed by atoms with Gasteiger partial charge < -0.3 is 10.0 Å². The molecule has 0 aliphatic carbocycles. The van der Waals surface area contributed by atoms with Gasteiger partial charge in [-0.05, 0) is 12.5 Å². The molecule has 0 saturated carbocycles. The molecule has 1 aromatic heterocycles. The Morgan fingerprint density at radius 2 is 2.26 bits per heavy atom. The number of nitrogens with zero attached hydrogens (tertiary/aromatic N) is 2. The highest BCUT2D eigenvalue weighted by molar-refractivity contribution is 7.91. The first-order valence-corrected chi connectivity index (χ1v) is 7.82. The van der Waals surface area contributed by atoms with Crippen LogP contribution in [0.5, 0.6) is 0 Å². The monoisotopic (exact) mass is 304 g/mol. The van der Waals surface area contributed by atoms with Crippen molar-refractivity contribution in [3.8, 4) is 0 Å². The minimum Gasteiger partial charge on any atom is -0.478 e. The molecule has 1 saturated heterocycles. The predicted molar refractivity (Wildman–Crippen MR) is 71.7 cm³/mol. The molecule has 1 aromatic rings. The Morgan fingerprint density at radius 1 is 1.58 bits per heavy atom. The summed E-state index contributed by atoms with van der Waals surface area (Å²) in [6, 6.07) is 1.18. The maximum Gasteiger partial charge on any atom is 0.337 e. The molecule has 0 bridgehead atoms. The summed E-state index contributed by atoms with van der Waals surface area (Å²) in [5.74, 6) is -0.512. The highest BCUT2D eigenvalue weighted by Crippen LogP contribution is 2.24. The lowest BCUT2D eigenvalue weighted by atomic mass is 10.2. The van der Waals surface area contributed by atoms with Crippen LogP contribution in [-0.2, 0) is 9.84 Å². The van der Waals surface area contributed by atoms with Crippen molar-refractivity contribution in [2.45, 2.75) is 12.5 Å². The summed E-state index contributed by atoms with van der Waals surface area (Å²) in [6.07, 6.45) is 1.78. The number of anilines is 1. The van der Waals surface area contributed by atoms with Gasteiger partial charge in [-0.3, -0.25) is 0 Å². The normalized spacial score (nSPS) is 21.3. The fourth-order valence-electron chi connectivity index (χ4n) is 2.05. The van der Waals surface area contributed by atoms with Crippen LogP contribution in [0, 0.1) is 0 Å². The van der Waals surface area contributed by atoms with Crippen molar-refractivity contribution in [2.24, 2.45) is 0 Å². The molecule has 1 aliphatic heterocycles. The van der Waals surface area contributed by atoms with Crippen molar-refractivity contribution in [3.05, 3.63) is 22.8 Å². The number of aromatic carboxylic acids is 1. The molecule has 0 radical (unpaired) electrons. The molecule has 6 nitrogen and oxygen atoms in total. The van der Waals surface area contributed by atoms with Crippen molar-refractivity contribution < 1.29 is 18.3 Å². The number of aromatic nitrogens is 1. The Hall–Kier alpha value is -1.34. The number of halogens is 1. The lowest BCUT2D eigenvalue weighted by Gasteiger charge is -2.24. The SMILES string of the molecule is CN(c1cc(C(=O)O)c(Cl)cn1)C1CCS(=O)(=O)C1. The average Bonchev–Trinajstić information content (AvgIpc) is 2.69. The Kier molecular flexibility index (Phi) is 3.69. The van der Waals surface area contributed by atoms with Gasteiger partial charge in [0.05, 0.1) is 22.1 Å². The summed E-state index contributed by atoms with van der Waals surface area (Å²) < 4.78 is 22.9. The molecule has 0 aromatic carbocycles. The van der Waals surface area contributed by atoms with Crippen LogP contribution >= 0.6 is 11.6 Å². The average molecular weight is 305 g/mol. The summed E-state index contributed by atoms with van der Waals surface area (Å²) in [4.78, 5) is 16.7. The van der Waals surface area contributed by atoms with E-state index in [1.54, 1.807) is 11.9 Å². The number of hydrogen-bond donors (Lipinski definition) is 1. The minimum absolute atomic E-state index is 0.0422. The first kappa shape index (κ1) is 14.1. The number of pyridine rings is 1.